The Labute approximate surface area is 98.7 Å². The third-order valence-electron chi connectivity index (χ3n) is 2.89. The summed E-state index contributed by atoms with van der Waals surface area (Å²) >= 11 is 0. The van der Waals surface area contributed by atoms with Crippen molar-refractivity contribution in [2.24, 2.45) is 0 Å². The zero-order valence-electron chi connectivity index (χ0n) is 11.1. The summed E-state index contributed by atoms with van der Waals surface area (Å²) in [4.78, 5) is 0. The average molecular weight is 226 g/mol. The lowest BCUT2D eigenvalue weighted by Crippen LogP contribution is -2.50. The van der Waals surface area contributed by atoms with Gasteiger partial charge in [-0.3, -0.25) is 0 Å². The molecule has 0 spiro atoms. The molecular formula is C11H23BN2O2. The highest BCUT2D eigenvalue weighted by Gasteiger charge is 2.38. The minimum atomic E-state index is -0.936. The van der Waals surface area contributed by atoms with E-state index in [1.165, 1.54) is 6.21 Å². The van der Waals surface area contributed by atoms with E-state index in [9.17, 15) is 5.11 Å². The summed E-state index contributed by atoms with van der Waals surface area (Å²) in [6, 6.07) is 0. The highest BCUT2D eigenvalue weighted by atomic mass is 16.5. The fourth-order valence-electron chi connectivity index (χ4n) is 1.10. The minimum absolute atomic E-state index is 0.244. The van der Waals surface area contributed by atoms with E-state index in [0.717, 1.165) is 5.47 Å². The van der Waals surface area contributed by atoms with E-state index in [-0.39, 0.29) is 6.92 Å². The highest BCUT2D eigenvalue weighted by molar-refractivity contribution is 6.64. The van der Waals surface area contributed by atoms with Gasteiger partial charge in [-0.25, -0.2) is 0 Å². The van der Waals surface area contributed by atoms with Crippen molar-refractivity contribution in [2.45, 2.75) is 45.7 Å². The lowest BCUT2D eigenvalue weighted by Gasteiger charge is -2.39. The Morgan fingerprint density at radius 1 is 1.38 bits per heavy atom. The molecule has 3 N–H and O–H groups in total. The molecule has 5 heteroatoms. The molecule has 0 aliphatic heterocycles. The number of hydrogen-bond donors (Lipinski definition) is 3. The normalized spacial score (nSPS) is 13.6. The summed E-state index contributed by atoms with van der Waals surface area (Å²) in [7, 11) is 1.78. The molecule has 0 atom stereocenters. The van der Waals surface area contributed by atoms with Crippen LogP contribution in [0.3, 0.4) is 0 Å². The number of allylic oxidation sites excluding steroid dienone is 1. The minimum Gasteiger partial charge on any atom is -0.423 e. The molecule has 0 amide bonds. The fraction of sp³-hybridized carbons (Fsp3) is 0.727. The second-order valence-corrected chi connectivity index (χ2v) is 4.91. The van der Waals surface area contributed by atoms with E-state index >= 15 is 0 Å². The lowest BCUT2D eigenvalue weighted by atomic mass is 9.62. The van der Waals surface area contributed by atoms with Gasteiger partial charge >= 0.3 is 6.92 Å². The van der Waals surface area contributed by atoms with Crippen molar-refractivity contribution in [3.8, 4) is 0 Å². The molecular weight excluding hydrogens is 203 g/mol. The van der Waals surface area contributed by atoms with Gasteiger partial charge in [-0.05, 0) is 39.4 Å². The van der Waals surface area contributed by atoms with Gasteiger partial charge in [0.15, 0.2) is 0 Å². The molecule has 0 radical (unpaired) electrons. The molecule has 4 nitrogen and oxygen atoms in total. The summed E-state index contributed by atoms with van der Waals surface area (Å²) in [6.45, 7) is 8.72. The standard InChI is InChI=1S/C11H23BN2O2/c1-10(2,15)11(3,4)16-12(5)9(7-13)8-14-6/h7-8,13-15H,1-6H3/b9-8+,13-7?. The summed E-state index contributed by atoms with van der Waals surface area (Å²) in [5.74, 6) is 0. The van der Waals surface area contributed by atoms with Crippen molar-refractivity contribution >= 4 is 13.1 Å². The van der Waals surface area contributed by atoms with E-state index in [2.05, 4.69) is 5.32 Å². The molecule has 16 heavy (non-hydrogen) atoms. The van der Waals surface area contributed by atoms with Crippen molar-refractivity contribution in [3.05, 3.63) is 11.7 Å². The van der Waals surface area contributed by atoms with Crippen LogP contribution in [-0.4, -0.2) is 36.5 Å². The smallest absolute Gasteiger partial charge is 0.327 e. The van der Waals surface area contributed by atoms with E-state index < -0.39 is 11.2 Å². The molecule has 0 heterocycles. The van der Waals surface area contributed by atoms with Crippen LogP contribution in [0.2, 0.25) is 6.82 Å². The molecule has 0 saturated heterocycles. The fourth-order valence-corrected chi connectivity index (χ4v) is 1.10. The average Bonchev–Trinajstić information content (AvgIpc) is 2.11. The largest absolute Gasteiger partial charge is 0.423 e. The van der Waals surface area contributed by atoms with Crippen LogP contribution in [0.15, 0.2) is 11.7 Å². The molecule has 0 aliphatic rings. The number of hydrogen-bond acceptors (Lipinski definition) is 4. The molecule has 0 aromatic carbocycles. The van der Waals surface area contributed by atoms with Crippen molar-refractivity contribution in [1.82, 2.24) is 5.32 Å². The monoisotopic (exact) mass is 226 g/mol. The molecule has 0 unspecified atom stereocenters. The molecule has 0 rings (SSSR count). The van der Waals surface area contributed by atoms with Gasteiger partial charge in [0.05, 0.1) is 11.2 Å². The lowest BCUT2D eigenvalue weighted by molar-refractivity contribution is -0.0921. The van der Waals surface area contributed by atoms with Crippen molar-refractivity contribution < 1.29 is 9.76 Å². The maximum Gasteiger partial charge on any atom is 0.327 e. The maximum atomic E-state index is 9.96. The molecule has 92 valence electrons. The molecule has 0 aromatic heterocycles. The van der Waals surface area contributed by atoms with E-state index in [1.54, 1.807) is 27.1 Å². The first-order valence-electron chi connectivity index (χ1n) is 5.43. The predicted molar refractivity (Wildman–Crippen MR) is 69.0 cm³/mol. The van der Waals surface area contributed by atoms with Gasteiger partial charge in [0, 0.05) is 13.3 Å². The van der Waals surface area contributed by atoms with Gasteiger partial charge in [0.2, 0.25) is 0 Å². The summed E-state index contributed by atoms with van der Waals surface area (Å²) in [6.07, 6.45) is 2.97. The summed E-state index contributed by atoms with van der Waals surface area (Å²) in [5, 5.41) is 20.1. The van der Waals surface area contributed by atoms with Crippen LogP contribution in [0.1, 0.15) is 27.7 Å². The molecule has 0 fully saturated rings. The predicted octanol–water partition coefficient (Wildman–Crippen LogP) is 1.47. The first-order chi connectivity index (χ1) is 7.15. The van der Waals surface area contributed by atoms with Gasteiger partial charge in [0.25, 0.3) is 0 Å². The second kappa shape index (κ2) is 5.50. The van der Waals surface area contributed by atoms with E-state index in [0.29, 0.717) is 0 Å². The van der Waals surface area contributed by atoms with E-state index in [1.807, 2.05) is 20.7 Å². The van der Waals surface area contributed by atoms with Crippen molar-refractivity contribution in [2.75, 3.05) is 7.05 Å². The topological polar surface area (TPSA) is 65.3 Å². The number of rotatable bonds is 6. The van der Waals surface area contributed by atoms with Crippen LogP contribution in [0.4, 0.5) is 0 Å². The van der Waals surface area contributed by atoms with Gasteiger partial charge < -0.3 is 20.5 Å². The summed E-state index contributed by atoms with van der Waals surface area (Å²) in [5.41, 5.74) is -0.879. The van der Waals surface area contributed by atoms with Gasteiger partial charge in [0.1, 0.15) is 0 Å². The SMILES string of the molecule is CN/C=C(\C=N)B(C)OC(C)(C)C(C)(C)O. The zero-order valence-corrected chi connectivity index (χ0v) is 11.1. The molecule has 0 aliphatic carbocycles. The van der Waals surface area contributed by atoms with Gasteiger partial charge in [-0.2, -0.15) is 0 Å². The van der Waals surface area contributed by atoms with Crippen LogP contribution in [0.25, 0.3) is 0 Å². The van der Waals surface area contributed by atoms with Gasteiger partial charge in [-0.15, -0.1) is 0 Å². The Bertz CT molecular complexity index is 270. The van der Waals surface area contributed by atoms with Gasteiger partial charge in [-0.1, -0.05) is 6.82 Å². The van der Waals surface area contributed by atoms with Crippen LogP contribution in [0.5, 0.6) is 0 Å². The molecule has 0 bridgehead atoms. The van der Waals surface area contributed by atoms with E-state index in [4.69, 9.17) is 10.1 Å². The third kappa shape index (κ3) is 3.98. The summed E-state index contributed by atoms with van der Waals surface area (Å²) < 4.78 is 5.80. The first-order valence-corrected chi connectivity index (χ1v) is 5.43. The highest BCUT2D eigenvalue weighted by Crippen LogP contribution is 2.26. The Hall–Kier alpha value is -0.805. The Morgan fingerprint density at radius 2 is 1.88 bits per heavy atom. The van der Waals surface area contributed by atoms with Crippen molar-refractivity contribution in [1.29, 1.82) is 5.41 Å². The first kappa shape index (κ1) is 15.2. The van der Waals surface area contributed by atoms with Crippen LogP contribution in [0, 0.1) is 5.41 Å². The molecule has 0 aromatic rings. The zero-order chi connectivity index (χ0) is 13.0. The molecule has 0 saturated carbocycles. The third-order valence-corrected chi connectivity index (χ3v) is 2.89. The number of aliphatic hydroxyl groups is 1. The van der Waals surface area contributed by atoms with Crippen LogP contribution in [-0.2, 0) is 4.65 Å². The quantitative estimate of drug-likeness (QED) is 0.474. The second-order valence-electron chi connectivity index (χ2n) is 4.91. The van der Waals surface area contributed by atoms with Crippen LogP contribution >= 0.6 is 0 Å². The van der Waals surface area contributed by atoms with Crippen LogP contribution < -0.4 is 5.32 Å². The Balaban J connectivity index is 4.73. The Morgan fingerprint density at radius 3 is 2.19 bits per heavy atom. The Kier molecular flexibility index (Phi) is 5.22. The van der Waals surface area contributed by atoms with Crippen molar-refractivity contribution in [3.63, 3.8) is 0 Å². The maximum absolute atomic E-state index is 9.96. The number of nitrogens with one attached hydrogen (secondary N) is 2.